The molecule has 1 heterocycles. The number of anilines is 1. The highest BCUT2D eigenvalue weighted by molar-refractivity contribution is 5.45. The second-order valence-corrected chi connectivity index (χ2v) is 5.62. The molecule has 2 rings (SSSR count). The maximum absolute atomic E-state index is 3.68. The molecule has 2 heteroatoms. The van der Waals surface area contributed by atoms with Crippen molar-refractivity contribution in [2.75, 3.05) is 18.9 Å². The van der Waals surface area contributed by atoms with Gasteiger partial charge in [-0.2, -0.15) is 0 Å². The normalized spacial score (nSPS) is 30.2. The molecule has 3 atom stereocenters. The Balaban J connectivity index is 2.00. The first-order valence-corrected chi connectivity index (χ1v) is 6.59. The van der Waals surface area contributed by atoms with Crippen LogP contribution in [0.5, 0.6) is 0 Å². The van der Waals surface area contributed by atoms with E-state index in [4.69, 9.17) is 0 Å². The molecule has 1 aliphatic heterocycles. The number of aryl methyl sites for hydroxylation is 1. The van der Waals surface area contributed by atoms with Crippen LogP contribution < -0.4 is 5.32 Å². The fraction of sp³-hybridized carbons (Fsp3) is 0.600. The first-order chi connectivity index (χ1) is 8.06. The zero-order valence-corrected chi connectivity index (χ0v) is 11.4. The molecule has 0 amide bonds. The third kappa shape index (κ3) is 3.01. The van der Waals surface area contributed by atoms with Gasteiger partial charge in [-0.1, -0.05) is 24.6 Å². The van der Waals surface area contributed by atoms with E-state index in [9.17, 15) is 0 Å². The molecule has 1 fully saturated rings. The molecule has 0 bridgehead atoms. The molecule has 0 spiro atoms. The van der Waals surface area contributed by atoms with Crippen LogP contribution in [0.25, 0.3) is 0 Å². The maximum Gasteiger partial charge on any atom is 0.0342 e. The second-order valence-electron chi connectivity index (χ2n) is 5.62. The van der Waals surface area contributed by atoms with Gasteiger partial charge in [0.05, 0.1) is 0 Å². The third-order valence-corrected chi connectivity index (χ3v) is 4.01. The predicted octanol–water partition coefficient (Wildman–Crippen LogP) is 3.14. The minimum atomic E-state index is 0.601. The minimum Gasteiger partial charge on any atom is -0.382 e. The van der Waals surface area contributed by atoms with E-state index >= 15 is 0 Å². The molecule has 1 aromatic rings. The molecular formula is C15H24N2. The van der Waals surface area contributed by atoms with Crippen molar-refractivity contribution in [2.45, 2.75) is 39.3 Å². The summed E-state index contributed by atoms with van der Waals surface area (Å²) in [7, 11) is 2.23. The van der Waals surface area contributed by atoms with Crippen LogP contribution in [0.15, 0.2) is 24.3 Å². The van der Waals surface area contributed by atoms with Gasteiger partial charge in [-0.3, -0.25) is 0 Å². The summed E-state index contributed by atoms with van der Waals surface area (Å²) in [5, 5.41) is 3.68. The predicted molar refractivity (Wildman–Crippen MR) is 74.5 cm³/mol. The van der Waals surface area contributed by atoms with Crippen LogP contribution in [0.1, 0.15) is 25.8 Å². The van der Waals surface area contributed by atoms with Gasteiger partial charge < -0.3 is 10.2 Å². The van der Waals surface area contributed by atoms with Crippen LogP contribution >= 0.6 is 0 Å². The third-order valence-electron chi connectivity index (χ3n) is 4.01. The Bertz CT molecular complexity index is 358. The van der Waals surface area contributed by atoms with E-state index in [0.29, 0.717) is 18.0 Å². The standard InChI is InChI=1S/C15H24N2/c1-11-5-7-14(8-6-11)16-15-9-13(3)17(4)10-12(15)2/h5-8,12-13,15-16H,9-10H2,1-4H3. The average Bonchev–Trinajstić information content (AvgIpc) is 2.29. The van der Waals surface area contributed by atoms with E-state index in [1.165, 1.54) is 24.2 Å². The summed E-state index contributed by atoms with van der Waals surface area (Å²) >= 11 is 0. The van der Waals surface area contributed by atoms with Crippen LogP contribution in [-0.4, -0.2) is 30.6 Å². The molecule has 0 aromatic heterocycles. The first kappa shape index (κ1) is 12.4. The number of rotatable bonds is 2. The molecular weight excluding hydrogens is 208 g/mol. The van der Waals surface area contributed by atoms with Crippen molar-refractivity contribution in [1.29, 1.82) is 0 Å². The zero-order chi connectivity index (χ0) is 12.4. The van der Waals surface area contributed by atoms with Crippen molar-refractivity contribution in [2.24, 2.45) is 5.92 Å². The number of nitrogens with one attached hydrogen (secondary N) is 1. The lowest BCUT2D eigenvalue weighted by atomic mass is 9.89. The Morgan fingerprint density at radius 2 is 1.82 bits per heavy atom. The van der Waals surface area contributed by atoms with Crippen LogP contribution in [0, 0.1) is 12.8 Å². The van der Waals surface area contributed by atoms with Crippen LogP contribution in [-0.2, 0) is 0 Å². The van der Waals surface area contributed by atoms with Crippen molar-refractivity contribution < 1.29 is 0 Å². The Hall–Kier alpha value is -1.02. The fourth-order valence-electron chi connectivity index (χ4n) is 2.61. The van der Waals surface area contributed by atoms with E-state index in [1.54, 1.807) is 0 Å². The van der Waals surface area contributed by atoms with E-state index in [1.807, 2.05) is 0 Å². The van der Waals surface area contributed by atoms with Crippen molar-refractivity contribution >= 4 is 5.69 Å². The molecule has 94 valence electrons. The van der Waals surface area contributed by atoms with Gasteiger partial charge in [0.25, 0.3) is 0 Å². The highest BCUT2D eigenvalue weighted by atomic mass is 15.2. The van der Waals surface area contributed by atoms with Crippen LogP contribution in [0.3, 0.4) is 0 Å². The van der Waals surface area contributed by atoms with Gasteiger partial charge in [0.15, 0.2) is 0 Å². The lowest BCUT2D eigenvalue weighted by molar-refractivity contribution is 0.145. The number of piperidine rings is 1. The molecule has 0 aliphatic carbocycles. The van der Waals surface area contributed by atoms with Gasteiger partial charge in [-0.15, -0.1) is 0 Å². The summed E-state index contributed by atoms with van der Waals surface area (Å²) in [6.45, 7) is 7.97. The molecule has 3 unspecified atom stereocenters. The molecule has 1 aliphatic rings. The Morgan fingerprint density at radius 3 is 2.47 bits per heavy atom. The summed E-state index contributed by atoms with van der Waals surface area (Å²) in [6.07, 6.45) is 1.23. The Labute approximate surface area is 105 Å². The smallest absolute Gasteiger partial charge is 0.0342 e. The topological polar surface area (TPSA) is 15.3 Å². The molecule has 0 saturated carbocycles. The van der Waals surface area contributed by atoms with E-state index in [0.717, 1.165) is 0 Å². The summed E-state index contributed by atoms with van der Waals surface area (Å²) in [5.41, 5.74) is 2.57. The molecule has 1 saturated heterocycles. The van der Waals surface area contributed by atoms with Gasteiger partial charge in [-0.25, -0.2) is 0 Å². The first-order valence-electron chi connectivity index (χ1n) is 6.59. The average molecular weight is 232 g/mol. The fourth-order valence-corrected chi connectivity index (χ4v) is 2.61. The maximum atomic E-state index is 3.68. The van der Waals surface area contributed by atoms with Gasteiger partial charge in [0.1, 0.15) is 0 Å². The van der Waals surface area contributed by atoms with Crippen molar-refractivity contribution in [3.05, 3.63) is 29.8 Å². The number of likely N-dealkylation sites (tertiary alicyclic amines) is 1. The lowest BCUT2D eigenvalue weighted by Crippen LogP contribution is -2.48. The SMILES string of the molecule is Cc1ccc(NC2CC(C)N(C)CC2C)cc1. The van der Waals surface area contributed by atoms with Gasteiger partial charge in [0, 0.05) is 24.3 Å². The number of hydrogen-bond acceptors (Lipinski definition) is 2. The Kier molecular flexibility index (Phi) is 3.72. The van der Waals surface area contributed by atoms with Gasteiger partial charge in [-0.05, 0) is 45.4 Å². The summed E-state index contributed by atoms with van der Waals surface area (Å²) in [6, 6.07) is 9.99. The van der Waals surface area contributed by atoms with E-state index < -0.39 is 0 Å². The minimum absolute atomic E-state index is 0.601. The highest BCUT2D eigenvalue weighted by Crippen LogP contribution is 2.24. The Morgan fingerprint density at radius 1 is 1.18 bits per heavy atom. The largest absolute Gasteiger partial charge is 0.382 e. The second kappa shape index (κ2) is 5.09. The number of hydrogen-bond donors (Lipinski definition) is 1. The monoisotopic (exact) mass is 232 g/mol. The van der Waals surface area contributed by atoms with Gasteiger partial charge in [0.2, 0.25) is 0 Å². The quantitative estimate of drug-likeness (QED) is 0.842. The van der Waals surface area contributed by atoms with Crippen LogP contribution in [0.2, 0.25) is 0 Å². The summed E-state index contributed by atoms with van der Waals surface area (Å²) in [4.78, 5) is 2.46. The highest BCUT2D eigenvalue weighted by Gasteiger charge is 2.28. The zero-order valence-electron chi connectivity index (χ0n) is 11.4. The molecule has 1 N–H and O–H groups in total. The van der Waals surface area contributed by atoms with Crippen molar-refractivity contribution in [1.82, 2.24) is 4.90 Å². The lowest BCUT2D eigenvalue weighted by Gasteiger charge is -2.40. The van der Waals surface area contributed by atoms with Crippen LogP contribution in [0.4, 0.5) is 5.69 Å². The number of benzene rings is 1. The molecule has 0 radical (unpaired) electrons. The number of nitrogens with zero attached hydrogens (tertiary/aromatic N) is 1. The summed E-state index contributed by atoms with van der Waals surface area (Å²) in [5.74, 6) is 0.706. The van der Waals surface area contributed by atoms with Crippen molar-refractivity contribution in [3.63, 3.8) is 0 Å². The molecule has 1 aromatic carbocycles. The van der Waals surface area contributed by atoms with Gasteiger partial charge >= 0.3 is 0 Å². The molecule has 2 nitrogen and oxygen atoms in total. The summed E-state index contributed by atoms with van der Waals surface area (Å²) < 4.78 is 0. The molecule has 17 heavy (non-hydrogen) atoms. The van der Waals surface area contributed by atoms with E-state index in [-0.39, 0.29) is 0 Å². The van der Waals surface area contributed by atoms with Crippen molar-refractivity contribution in [3.8, 4) is 0 Å². The van der Waals surface area contributed by atoms with E-state index in [2.05, 4.69) is 62.3 Å².